The summed E-state index contributed by atoms with van der Waals surface area (Å²) in [7, 11) is 0. The molecule has 0 bridgehead atoms. The number of imidazole rings is 1. The number of aromatic nitrogens is 2. The Morgan fingerprint density at radius 1 is 1.27 bits per heavy atom. The molecule has 0 radical (unpaired) electrons. The van der Waals surface area contributed by atoms with Crippen LogP contribution in [0, 0.1) is 0 Å². The van der Waals surface area contributed by atoms with E-state index >= 15 is 0 Å². The molecule has 22 heavy (non-hydrogen) atoms. The zero-order chi connectivity index (χ0) is 15.2. The molecule has 3 N–H and O–H groups in total. The van der Waals surface area contributed by atoms with Crippen LogP contribution in [0.15, 0.2) is 18.2 Å². The number of benzene rings is 1. The van der Waals surface area contributed by atoms with E-state index in [1.807, 2.05) is 18.2 Å². The summed E-state index contributed by atoms with van der Waals surface area (Å²) in [5.74, 6) is 1.33. The zero-order valence-electron chi connectivity index (χ0n) is 12.6. The van der Waals surface area contributed by atoms with Gasteiger partial charge in [-0.1, -0.05) is 6.42 Å². The Morgan fingerprint density at radius 3 is 2.73 bits per heavy atom. The van der Waals surface area contributed by atoms with Crippen molar-refractivity contribution in [3.63, 3.8) is 0 Å². The summed E-state index contributed by atoms with van der Waals surface area (Å²) < 4.78 is 0. The maximum atomic E-state index is 12.3. The Bertz CT molecular complexity index is 712. The lowest BCUT2D eigenvalue weighted by Gasteiger charge is -2.22. The summed E-state index contributed by atoms with van der Waals surface area (Å²) in [5.41, 5.74) is 1.39. The second-order valence-electron chi connectivity index (χ2n) is 6.67. The van der Waals surface area contributed by atoms with Gasteiger partial charge >= 0.3 is 0 Å². The lowest BCUT2D eigenvalue weighted by Crippen LogP contribution is -2.40. The molecule has 2 aliphatic carbocycles. The fraction of sp³-hybridized carbons (Fsp3) is 0.529. The molecule has 116 valence electrons. The number of nitrogens with one attached hydrogen (secondary N) is 2. The van der Waals surface area contributed by atoms with Gasteiger partial charge in [0.25, 0.3) is 5.91 Å². The maximum absolute atomic E-state index is 12.3. The fourth-order valence-corrected chi connectivity index (χ4v) is 3.42. The molecule has 2 fully saturated rings. The van der Waals surface area contributed by atoms with E-state index in [0.29, 0.717) is 24.4 Å². The highest BCUT2D eigenvalue weighted by molar-refractivity contribution is 5.98. The van der Waals surface area contributed by atoms with Crippen molar-refractivity contribution in [2.24, 2.45) is 0 Å². The maximum Gasteiger partial charge on any atom is 0.256 e. The molecule has 5 heteroatoms. The lowest BCUT2D eigenvalue weighted by molar-refractivity contribution is -0.133. The molecule has 1 aromatic carbocycles. The van der Waals surface area contributed by atoms with Gasteiger partial charge < -0.3 is 15.4 Å². The first-order valence-corrected chi connectivity index (χ1v) is 8.18. The van der Waals surface area contributed by atoms with Crippen LogP contribution in [0.4, 0.5) is 5.69 Å². The molecular formula is C17H21N3O2. The van der Waals surface area contributed by atoms with E-state index in [4.69, 9.17) is 0 Å². The van der Waals surface area contributed by atoms with Crippen LogP contribution >= 0.6 is 0 Å². The Kier molecular flexibility index (Phi) is 3.18. The largest absolute Gasteiger partial charge is 0.380 e. The highest BCUT2D eigenvalue weighted by Gasteiger charge is 2.38. The monoisotopic (exact) mass is 299 g/mol. The van der Waals surface area contributed by atoms with Gasteiger partial charge in [-0.15, -0.1) is 0 Å². The molecule has 1 aromatic heterocycles. The number of aromatic amines is 1. The van der Waals surface area contributed by atoms with E-state index < -0.39 is 5.60 Å². The van der Waals surface area contributed by atoms with Crippen LogP contribution in [0.2, 0.25) is 0 Å². The normalized spacial score (nSPS) is 21.0. The first-order valence-electron chi connectivity index (χ1n) is 8.18. The van der Waals surface area contributed by atoms with Gasteiger partial charge in [0.2, 0.25) is 0 Å². The predicted molar refractivity (Wildman–Crippen MR) is 84.7 cm³/mol. The number of carbonyl (C=O) groups excluding carboxylic acids is 1. The number of hydrogen-bond donors (Lipinski definition) is 3. The van der Waals surface area contributed by atoms with Crippen LogP contribution < -0.4 is 5.32 Å². The van der Waals surface area contributed by atoms with Crippen LogP contribution in [0.3, 0.4) is 0 Å². The molecule has 4 rings (SSSR count). The minimum atomic E-state index is -1.19. The van der Waals surface area contributed by atoms with Crippen molar-refractivity contribution in [3.05, 3.63) is 24.0 Å². The summed E-state index contributed by atoms with van der Waals surface area (Å²) in [6.45, 7) is 0. The predicted octanol–water partition coefficient (Wildman–Crippen LogP) is 3.07. The average molecular weight is 299 g/mol. The van der Waals surface area contributed by atoms with Crippen molar-refractivity contribution < 1.29 is 9.90 Å². The Morgan fingerprint density at radius 2 is 2.05 bits per heavy atom. The SMILES string of the molecule is O=C(Nc1ccc2nc(C3CCC3)[nH]c2c1)C1(O)CCCC1. The molecule has 0 atom stereocenters. The first kappa shape index (κ1) is 13.8. The van der Waals surface area contributed by atoms with Crippen molar-refractivity contribution in [1.29, 1.82) is 0 Å². The number of carbonyl (C=O) groups is 1. The smallest absolute Gasteiger partial charge is 0.256 e. The summed E-state index contributed by atoms with van der Waals surface area (Å²) >= 11 is 0. The molecule has 0 unspecified atom stereocenters. The van der Waals surface area contributed by atoms with E-state index in [-0.39, 0.29) is 5.91 Å². The van der Waals surface area contributed by atoms with Crippen molar-refractivity contribution in [2.45, 2.75) is 56.5 Å². The number of rotatable bonds is 3. The van der Waals surface area contributed by atoms with Crippen molar-refractivity contribution >= 4 is 22.6 Å². The molecular weight excluding hydrogens is 278 g/mol. The third-order valence-corrected chi connectivity index (χ3v) is 5.10. The minimum Gasteiger partial charge on any atom is -0.380 e. The van der Waals surface area contributed by atoms with Gasteiger partial charge in [-0.2, -0.15) is 0 Å². The average Bonchev–Trinajstić information content (AvgIpc) is 3.03. The van der Waals surface area contributed by atoms with Crippen molar-refractivity contribution in [3.8, 4) is 0 Å². The van der Waals surface area contributed by atoms with Crippen LogP contribution in [-0.4, -0.2) is 26.6 Å². The number of hydrogen-bond acceptors (Lipinski definition) is 3. The third-order valence-electron chi connectivity index (χ3n) is 5.10. The summed E-state index contributed by atoms with van der Waals surface area (Å²) in [4.78, 5) is 20.2. The van der Waals surface area contributed by atoms with Crippen molar-refractivity contribution in [1.82, 2.24) is 9.97 Å². The molecule has 0 spiro atoms. The van der Waals surface area contributed by atoms with E-state index in [2.05, 4.69) is 15.3 Å². The molecule has 0 aliphatic heterocycles. The molecule has 1 amide bonds. The molecule has 2 aliphatic rings. The van der Waals surface area contributed by atoms with Gasteiger partial charge in [-0.05, 0) is 56.7 Å². The Hall–Kier alpha value is -1.88. The number of nitrogens with zero attached hydrogens (tertiary/aromatic N) is 1. The fourth-order valence-electron chi connectivity index (χ4n) is 3.42. The van der Waals surface area contributed by atoms with E-state index in [1.165, 1.54) is 19.3 Å². The van der Waals surface area contributed by atoms with E-state index in [9.17, 15) is 9.90 Å². The van der Waals surface area contributed by atoms with Gasteiger partial charge in [0.05, 0.1) is 11.0 Å². The Balaban J connectivity index is 1.55. The highest BCUT2D eigenvalue weighted by atomic mass is 16.3. The molecule has 1 heterocycles. The van der Waals surface area contributed by atoms with Gasteiger partial charge in [-0.3, -0.25) is 4.79 Å². The number of fused-ring (bicyclic) bond motifs is 1. The number of anilines is 1. The lowest BCUT2D eigenvalue weighted by atomic mass is 9.85. The third kappa shape index (κ3) is 2.29. The van der Waals surface area contributed by atoms with Crippen molar-refractivity contribution in [2.75, 3.05) is 5.32 Å². The van der Waals surface area contributed by atoms with Gasteiger partial charge in [-0.25, -0.2) is 4.98 Å². The topological polar surface area (TPSA) is 78.0 Å². The van der Waals surface area contributed by atoms with Crippen LogP contribution in [-0.2, 0) is 4.79 Å². The van der Waals surface area contributed by atoms with Gasteiger partial charge in [0, 0.05) is 11.6 Å². The van der Waals surface area contributed by atoms with Crippen LogP contribution in [0.5, 0.6) is 0 Å². The van der Waals surface area contributed by atoms with Crippen LogP contribution in [0.1, 0.15) is 56.7 Å². The summed E-state index contributed by atoms with van der Waals surface area (Å²) in [6.07, 6.45) is 6.62. The molecule has 5 nitrogen and oxygen atoms in total. The molecule has 2 aromatic rings. The van der Waals surface area contributed by atoms with E-state index in [0.717, 1.165) is 29.7 Å². The number of H-pyrrole nitrogens is 1. The zero-order valence-corrected chi connectivity index (χ0v) is 12.6. The standard InChI is InChI=1S/C17H21N3O2/c21-16(17(22)8-1-2-9-17)18-12-6-7-13-14(10-12)20-15(19-13)11-4-3-5-11/h6-7,10-11,22H,1-5,8-9H2,(H,18,21)(H,19,20). The molecule has 2 saturated carbocycles. The molecule has 0 saturated heterocycles. The Labute approximate surface area is 129 Å². The summed E-state index contributed by atoms with van der Waals surface area (Å²) in [5, 5.41) is 13.2. The number of aliphatic hydroxyl groups is 1. The number of amides is 1. The van der Waals surface area contributed by atoms with Crippen LogP contribution in [0.25, 0.3) is 11.0 Å². The highest BCUT2D eigenvalue weighted by Crippen LogP contribution is 2.36. The van der Waals surface area contributed by atoms with E-state index in [1.54, 1.807) is 0 Å². The van der Waals surface area contributed by atoms with Gasteiger partial charge in [0.1, 0.15) is 11.4 Å². The summed E-state index contributed by atoms with van der Waals surface area (Å²) in [6, 6.07) is 5.67. The quantitative estimate of drug-likeness (QED) is 0.815. The first-order chi connectivity index (χ1) is 10.6. The van der Waals surface area contributed by atoms with Gasteiger partial charge in [0.15, 0.2) is 0 Å². The second-order valence-corrected chi connectivity index (χ2v) is 6.67. The second kappa shape index (κ2) is 5.09. The minimum absolute atomic E-state index is 0.289.